The van der Waals surface area contributed by atoms with Crippen LogP contribution in [0.1, 0.15) is 17.3 Å². The van der Waals surface area contributed by atoms with Crippen LogP contribution < -0.4 is 10.6 Å². The Morgan fingerprint density at radius 1 is 1.03 bits per heavy atom. The lowest BCUT2D eigenvalue weighted by Crippen LogP contribution is -2.22. The normalized spacial score (nSPS) is 11.7. The summed E-state index contributed by atoms with van der Waals surface area (Å²) < 4.78 is 0. The van der Waals surface area contributed by atoms with Crippen molar-refractivity contribution in [1.82, 2.24) is 4.98 Å². The summed E-state index contributed by atoms with van der Waals surface area (Å²) in [5, 5.41) is 10.5. The van der Waals surface area contributed by atoms with Crippen LogP contribution in [0.15, 0.2) is 76.3 Å². The number of carbonyl (C=O) groups is 2. The van der Waals surface area contributed by atoms with Crippen LogP contribution in [-0.2, 0) is 4.79 Å². The molecule has 4 aromatic rings. The molecule has 32 heavy (non-hydrogen) atoms. The molecule has 9 heteroatoms. The van der Waals surface area contributed by atoms with Crippen LogP contribution in [0.5, 0.6) is 0 Å². The zero-order valence-electron chi connectivity index (χ0n) is 16.9. The maximum atomic E-state index is 12.6. The Balaban J connectivity index is 1.31. The summed E-state index contributed by atoms with van der Waals surface area (Å²) >= 11 is 10.4. The third-order valence-corrected chi connectivity index (χ3v) is 7.39. The molecular formula is C23H18ClN3O2S3. The summed E-state index contributed by atoms with van der Waals surface area (Å²) in [5.41, 5.74) is 2.03. The molecule has 0 saturated carbocycles. The number of thiophene rings is 1. The van der Waals surface area contributed by atoms with E-state index < -0.39 is 0 Å². The smallest absolute Gasteiger partial charge is 0.255 e. The van der Waals surface area contributed by atoms with Gasteiger partial charge in [0.2, 0.25) is 5.91 Å². The van der Waals surface area contributed by atoms with Gasteiger partial charge in [-0.05, 0) is 60.8 Å². The first-order valence-electron chi connectivity index (χ1n) is 9.62. The molecule has 0 aliphatic carbocycles. The van der Waals surface area contributed by atoms with Crippen molar-refractivity contribution < 1.29 is 9.59 Å². The number of hydrogen-bond donors (Lipinski definition) is 2. The van der Waals surface area contributed by atoms with E-state index in [9.17, 15) is 9.59 Å². The Bertz CT molecular complexity index is 1220. The van der Waals surface area contributed by atoms with E-state index in [0.717, 1.165) is 15.5 Å². The lowest BCUT2D eigenvalue weighted by molar-refractivity contribution is -0.115. The van der Waals surface area contributed by atoms with Crippen LogP contribution in [0.2, 0.25) is 5.02 Å². The largest absolute Gasteiger partial charge is 0.322 e. The number of thiazole rings is 1. The van der Waals surface area contributed by atoms with Gasteiger partial charge in [-0.15, -0.1) is 34.4 Å². The molecule has 2 amide bonds. The van der Waals surface area contributed by atoms with E-state index in [1.54, 1.807) is 35.6 Å². The number of aromatic nitrogens is 1. The highest BCUT2D eigenvalue weighted by Gasteiger charge is 2.17. The van der Waals surface area contributed by atoms with Crippen molar-refractivity contribution in [3.05, 3.63) is 82.0 Å². The quantitative estimate of drug-likeness (QED) is 0.271. The van der Waals surface area contributed by atoms with Gasteiger partial charge in [0.05, 0.1) is 15.8 Å². The third kappa shape index (κ3) is 5.77. The van der Waals surface area contributed by atoms with Crippen LogP contribution in [0.4, 0.5) is 10.8 Å². The van der Waals surface area contributed by atoms with E-state index in [0.29, 0.717) is 21.4 Å². The highest BCUT2D eigenvalue weighted by molar-refractivity contribution is 8.00. The summed E-state index contributed by atoms with van der Waals surface area (Å²) in [5.74, 6) is -0.341. The summed E-state index contributed by atoms with van der Waals surface area (Å²) in [6.45, 7) is 1.85. The second-order valence-corrected chi connectivity index (χ2v) is 10.4. The Hall–Kier alpha value is -2.65. The molecule has 0 bridgehead atoms. The summed E-state index contributed by atoms with van der Waals surface area (Å²) in [4.78, 5) is 31.4. The molecule has 2 aromatic heterocycles. The number of benzene rings is 2. The highest BCUT2D eigenvalue weighted by atomic mass is 35.5. The lowest BCUT2D eigenvalue weighted by atomic mass is 10.2. The number of halogens is 1. The number of hydrogen-bond acceptors (Lipinski definition) is 6. The van der Waals surface area contributed by atoms with Crippen molar-refractivity contribution in [3.8, 4) is 10.6 Å². The van der Waals surface area contributed by atoms with E-state index in [-0.39, 0.29) is 17.1 Å². The monoisotopic (exact) mass is 499 g/mol. The number of rotatable bonds is 7. The first kappa shape index (κ1) is 22.5. The number of nitrogens with zero attached hydrogens (tertiary/aromatic N) is 1. The first-order chi connectivity index (χ1) is 15.5. The Morgan fingerprint density at radius 3 is 2.56 bits per heavy atom. The van der Waals surface area contributed by atoms with E-state index in [2.05, 4.69) is 15.6 Å². The summed E-state index contributed by atoms with van der Waals surface area (Å²) in [6.07, 6.45) is 0. The van der Waals surface area contributed by atoms with Crippen LogP contribution in [0.25, 0.3) is 10.6 Å². The van der Waals surface area contributed by atoms with Crippen molar-refractivity contribution in [2.75, 3.05) is 10.6 Å². The molecule has 162 valence electrons. The molecule has 0 spiro atoms. The molecule has 0 aliphatic heterocycles. The predicted octanol–water partition coefficient (Wildman–Crippen LogP) is 6.90. The Labute approximate surface area is 202 Å². The Morgan fingerprint density at radius 2 is 1.84 bits per heavy atom. The minimum absolute atomic E-state index is 0.111. The number of carbonyl (C=O) groups excluding carboxylic acids is 2. The second kappa shape index (κ2) is 10.3. The number of nitrogens with one attached hydrogen (secondary N) is 2. The van der Waals surface area contributed by atoms with Gasteiger partial charge in [0, 0.05) is 26.5 Å². The van der Waals surface area contributed by atoms with Crippen molar-refractivity contribution in [2.45, 2.75) is 17.1 Å². The predicted molar refractivity (Wildman–Crippen MR) is 135 cm³/mol. The molecule has 2 aromatic carbocycles. The van der Waals surface area contributed by atoms with E-state index in [1.807, 2.05) is 54.1 Å². The number of anilines is 2. The van der Waals surface area contributed by atoms with Crippen molar-refractivity contribution in [3.63, 3.8) is 0 Å². The second-order valence-electron chi connectivity index (χ2n) is 6.75. The molecule has 0 radical (unpaired) electrons. The average molecular weight is 500 g/mol. The van der Waals surface area contributed by atoms with Gasteiger partial charge < -0.3 is 10.6 Å². The molecule has 5 nitrogen and oxygen atoms in total. The minimum Gasteiger partial charge on any atom is -0.322 e. The van der Waals surface area contributed by atoms with Crippen LogP contribution in [-0.4, -0.2) is 22.0 Å². The molecule has 0 fully saturated rings. The van der Waals surface area contributed by atoms with Gasteiger partial charge in [0.1, 0.15) is 0 Å². The van der Waals surface area contributed by atoms with E-state index in [1.165, 1.54) is 23.1 Å². The van der Waals surface area contributed by atoms with E-state index >= 15 is 0 Å². The molecule has 0 aliphatic rings. The SMILES string of the molecule is CC(Sc1ccc(NC(=O)c2cccc(Cl)c2)cc1)C(=O)Nc1nc(-c2cccs2)cs1. The van der Waals surface area contributed by atoms with Gasteiger partial charge in [-0.25, -0.2) is 4.98 Å². The molecule has 1 unspecified atom stereocenters. The van der Waals surface area contributed by atoms with Gasteiger partial charge in [-0.1, -0.05) is 23.7 Å². The fourth-order valence-electron chi connectivity index (χ4n) is 2.78. The molecule has 2 heterocycles. The highest BCUT2D eigenvalue weighted by Crippen LogP contribution is 2.30. The zero-order valence-corrected chi connectivity index (χ0v) is 20.1. The summed E-state index contributed by atoms with van der Waals surface area (Å²) in [6, 6.07) is 18.1. The Kier molecular flexibility index (Phi) is 7.26. The van der Waals surface area contributed by atoms with Crippen molar-refractivity contribution in [2.24, 2.45) is 0 Å². The molecule has 1 atom stereocenters. The standard InChI is InChI=1S/C23H18ClN3O2S3/c1-14(21(28)27-23-26-19(13-31-23)20-6-3-11-30-20)32-18-9-7-17(8-10-18)25-22(29)15-4-2-5-16(24)12-15/h2-14H,1H3,(H,25,29)(H,26,27,28). The van der Waals surface area contributed by atoms with E-state index in [4.69, 9.17) is 11.6 Å². The number of amides is 2. The fourth-order valence-corrected chi connectivity index (χ4v) is 5.32. The van der Waals surface area contributed by atoms with Gasteiger partial charge in [0.25, 0.3) is 5.91 Å². The maximum Gasteiger partial charge on any atom is 0.255 e. The molecule has 4 rings (SSSR count). The van der Waals surface area contributed by atoms with Crippen LogP contribution in [0.3, 0.4) is 0 Å². The topological polar surface area (TPSA) is 71.1 Å². The van der Waals surface area contributed by atoms with Crippen molar-refractivity contribution >= 4 is 68.7 Å². The third-order valence-electron chi connectivity index (χ3n) is 4.39. The van der Waals surface area contributed by atoms with Crippen LogP contribution >= 0.6 is 46.0 Å². The molecule has 2 N–H and O–H groups in total. The molecule has 0 saturated heterocycles. The van der Waals surface area contributed by atoms with Crippen molar-refractivity contribution in [1.29, 1.82) is 0 Å². The molecular weight excluding hydrogens is 482 g/mol. The average Bonchev–Trinajstić information content (AvgIpc) is 3.47. The van der Waals surface area contributed by atoms with Gasteiger partial charge in [0.15, 0.2) is 5.13 Å². The number of thioether (sulfide) groups is 1. The lowest BCUT2D eigenvalue weighted by Gasteiger charge is -2.11. The zero-order chi connectivity index (χ0) is 22.5. The summed E-state index contributed by atoms with van der Waals surface area (Å²) in [7, 11) is 0. The van der Waals surface area contributed by atoms with Gasteiger partial charge >= 0.3 is 0 Å². The maximum absolute atomic E-state index is 12.6. The minimum atomic E-state index is -0.309. The van der Waals surface area contributed by atoms with Gasteiger partial charge in [-0.3, -0.25) is 9.59 Å². The van der Waals surface area contributed by atoms with Gasteiger partial charge in [-0.2, -0.15) is 0 Å². The first-order valence-corrected chi connectivity index (χ1v) is 12.6. The fraction of sp³-hybridized carbons (Fsp3) is 0.0870. The van der Waals surface area contributed by atoms with Crippen LogP contribution in [0, 0.1) is 0 Å².